The molecule has 2 N–H and O–H groups in total. The third-order valence-corrected chi connectivity index (χ3v) is 2.44. The molecule has 112 valence electrons. The average Bonchev–Trinajstić information content (AvgIpc) is 2.25. The third kappa shape index (κ3) is 4.37. The minimum Gasteiger partial charge on any atom is -0.478 e. The fourth-order valence-electron chi connectivity index (χ4n) is 1.73. The smallest absolute Gasteiger partial charge is 0.433 e. The van der Waals surface area contributed by atoms with Crippen molar-refractivity contribution in [2.45, 2.75) is 19.1 Å². The molecule has 5 nitrogen and oxygen atoms in total. The van der Waals surface area contributed by atoms with Crippen molar-refractivity contribution >= 4 is 11.8 Å². The number of pyridine rings is 1. The Hall–Kier alpha value is -1.83. The molecule has 8 heteroatoms. The molecule has 0 aliphatic heterocycles. The van der Waals surface area contributed by atoms with Gasteiger partial charge in [0.15, 0.2) is 0 Å². The summed E-state index contributed by atoms with van der Waals surface area (Å²) in [5, 5.41) is 11.7. The van der Waals surface area contributed by atoms with Crippen LogP contribution in [-0.4, -0.2) is 47.6 Å². The largest absolute Gasteiger partial charge is 0.478 e. The van der Waals surface area contributed by atoms with Crippen LogP contribution >= 0.6 is 0 Å². The molecule has 0 bridgehead atoms. The van der Waals surface area contributed by atoms with Crippen LogP contribution in [0.2, 0.25) is 0 Å². The van der Waals surface area contributed by atoms with Crippen LogP contribution in [0.15, 0.2) is 12.1 Å². The lowest BCUT2D eigenvalue weighted by Gasteiger charge is -2.20. The van der Waals surface area contributed by atoms with Gasteiger partial charge in [0.05, 0.1) is 0 Å². The Morgan fingerprint density at radius 1 is 1.45 bits per heavy atom. The second-order valence-electron chi connectivity index (χ2n) is 4.70. The van der Waals surface area contributed by atoms with Gasteiger partial charge >= 0.3 is 12.1 Å². The SMILES string of the molecule is CC(CN(C)C)Nc1nc(C(F)(F)F)ccc1C(=O)O. The fourth-order valence-corrected chi connectivity index (χ4v) is 1.73. The number of hydrogen-bond donors (Lipinski definition) is 2. The summed E-state index contributed by atoms with van der Waals surface area (Å²) in [7, 11) is 3.60. The lowest BCUT2D eigenvalue weighted by molar-refractivity contribution is -0.141. The number of nitrogens with zero attached hydrogens (tertiary/aromatic N) is 2. The molecule has 1 aromatic rings. The molecule has 0 aliphatic carbocycles. The van der Waals surface area contributed by atoms with Gasteiger partial charge in [0.2, 0.25) is 0 Å². The predicted octanol–water partition coefficient (Wildman–Crippen LogP) is 2.16. The van der Waals surface area contributed by atoms with E-state index in [4.69, 9.17) is 5.11 Å². The molecule has 0 amide bonds. The van der Waals surface area contributed by atoms with Crippen LogP contribution in [-0.2, 0) is 6.18 Å². The van der Waals surface area contributed by atoms with Gasteiger partial charge in [-0.15, -0.1) is 0 Å². The Kier molecular flexibility index (Phi) is 4.93. The van der Waals surface area contributed by atoms with E-state index >= 15 is 0 Å². The zero-order chi connectivity index (χ0) is 15.5. The molecule has 0 fully saturated rings. The van der Waals surface area contributed by atoms with E-state index in [0.717, 1.165) is 6.07 Å². The summed E-state index contributed by atoms with van der Waals surface area (Å²) < 4.78 is 37.8. The number of rotatable bonds is 5. The highest BCUT2D eigenvalue weighted by Crippen LogP contribution is 2.29. The first kappa shape index (κ1) is 16.2. The van der Waals surface area contributed by atoms with Crippen LogP contribution < -0.4 is 5.32 Å². The average molecular weight is 291 g/mol. The highest BCUT2D eigenvalue weighted by molar-refractivity contribution is 5.93. The summed E-state index contributed by atoms with van der Waals surface area (Å²) in [6.07, 6.45) is -4.61. The molecule has 1 aromatic heterocycles. The van der Waals surface area contributed by atoms with Gasteiger partial charge in [0.25, 0.3) is 0 Å². The molecule has 0 aromatic carbocycles. The Labute approximate surface area is 114 Å². The van der Waals surface area contributed by atoms with Gasteiger partial charge in [-0.25, -0.2) is 9.78 Å². The Bertz CT molecular complexity index is 489. The van der Waals surface area contributed by atoms with Crippen LogP contribution in [0.4, 0.5) is 19.0 Å². The number of carbonyl (C=O) groups is 1. The van der Waals surface area contributed by atoms with Crippen molar-refractivity contribution < 1.29 is 23.1 Å². The Balaban J connectivity index is 3.09. The summed E-state index contributed by atoms with van der Waals surface area (Å²) in [4.78, 5) is 16.2. The van der Waals surface area contributed by atoms with E-state index in [9.17, 15) is 18.0 Å². The topological polar surface area (TPSA) is 65.5 Å². The highest BCUT2D eigenvalue weighted by Gasteiger charge is 2.33. The van der Waals surface area contributed by atoms with Crippen molar-refractivity contribution in [2.75, 3.05) is 26.0 Å². The van der Waals surface area contributed by atoms with E-state index in [1.807, 2.05) is 4.90 Å². The minimum atomic E-state index is -4.61. The highest BCUT2D eigenvalue weighted by atomic mass is 19.4. The zero-order valence-corrected chi connectivity index (χ0v) is 11.3. The minimum absolute atomic E-state index is 0.251. The number of carboxylic acids is 1. The number of hydrogen-bond acceptors (Lipinski definition) is 4. The molecule has 20 heavy (non-hydrogen) atoms. The molecular formula is C12H16F3N3O2. The molecule has 0 saturated carbocycles. The van der Waals surface area contributed by atoms with Gasteiger partial charge in [-0.05, 0) is 33.2 Å². The van der Waals surface area contributed by atoms with Gasteiger partial charge in [-0.1, -0.05) is 0 Å². The number of nitrogens with one attached hydrogen (secondary N) is 1. The van der Waals surface area contributed by atoms with Crippen molar-refractivity contribution in [3.8, 4) is 0 Å². The van der Waals surface area contributed by atoms with E-state index in [1.54, 1.807) is 21.0 Å². The quantitative estimate of drug-likeness (QED) is 0.870. The lowest BCUT2D eigenvalue weighted by atomic mass is 10.2. The summed E-state index contributed by atoms with van der Waals surface area (Å²) in [5.41, 5.74) is -1.41. The van der Waals surface area contributed by atoms with Gasteiger partial charge < -0.3 is 15.3 Å². The molecule has 0 aliphatic rings. The van der Waals surface area contributed by atoms with Crippen molar-refractivity contribution in [1.82, 2.24) is 9.88 Å². The zero-order valence-electron chi connectivity index (χ0n) is 11.3. The number of carboxylic acid groups (broad SMARTS) is 1. The molecule has 0 spiro atoms. The maximum Gasteiger partial charge on any atom is 0.433 e. The third-order valence-electron chi connectivity index (χ3n) is 2.44. The van der Waals surface area contributed by atoms with Gasteiger partial charge in [-0.2, -0.15) is 13.2 Å². The maximum atomic E-state index is 12.6. The van der Waals surface area contributed by atoms with Crippen molar-refractivity contribution in [1.29, 1.82) is 0 Å². The first-order valence-electron chi connectivity index (χ1n) is 5.84. The number of aromatic nitrogens is 1. The van der Waals surface area contributed by atoms with Gasteiger partial charge in [0.1, 0.15) is 17.1 Å². The van der Waals surface area contributed by atoms with Crippen molar-refractivity contribution in [3.63, 3.8) is 0 Å². The molecule has 0 radical (unpaired) electrons. The van der Waals surface area contributed by atoms with Crippen molar-refractivity contribution in [3.05, 3.63) is 23.4 Å². The monoisotopic (exact) mass is 291 g/mol. The summed E-state index contributed by atoms with van der Waals surface area (Å²) in [6.45, 7) is 2.25. The Morgan fingerprint density at radius 2 is 2.05 bits per heavy atom. The van der Waals surface area contributed by atoms with Gasteiger partial charge in [0, 0.05) is 12.6 Å². The molecule has 1 unspecified atom stereocenters. The van der Waals surface area contributed by atoms with Gasteiger partial charge in [-0.3, -0.25) is 0 Å². The fraction of sp³-hybridized carbons (Fsp3) is 0.500. The maximum absolute atomic E-state index is 12.6. The van der Waals surface area contributed by atoms with E-state index in [0.29, 0.717) is 12.6 Å². The summed E-state index contributed by atoms with van der Waals surface area (Å²) in [5.74, 6) is -1.60. The van der Waals surface area contributed by atoms with E-state index in [2.05, 4.69) is 10.3 Å². The van der Waals surface area contributed by atoms with Crippen LogP contribution in [0.3, 0.4) is 0 Å². The first-order valence-corrected chi connectivity index (χ1v) is 5.84. The second-order valence-corrected chi connectivity index (χ2v) is 4.70. The lowest BCUT2D eigenvalue weighted by Crippen LogP contribution is -2.31. The predicted molar refractivity (Wildman–Crippen MR) is 67.8 cm³/mol. The second kappa shape index (κ2) is 6.08. The molecule has 1 atom stereocenters. The Morgan fingerprint density at radius 3 is 2.50 bits per heavy atom. The molecule has 0 saturated heterocycles. The summed E-state index contributed by atoms with van der Waals surface area (Å²) >= 11 is 0. The number of alkyl halides is 3. The summed E-state index contributed by atoms with van der Waals surface area (Å²) in [6, 6.07) is 1.31. The van der Waals surface area contributed by atoms with E-state index in [1.165, 1.54) is 0 Å². The van der Waals surface area contributed by atoms with Crippen LogP contribution in [0.25, 0.3) is 0 Å². The number of anilines is 1. The number of aromatic carboxylic acids is 1. The number of likely N-dealkylation sites (N-methyl/N-ethyl adjacent to an activating group) is 1. The first-order chi connectivity index (χ1) is 9.11. The van der Waals surface area contributed by atoms with Crippen LogP contribution in [0.5, 0.6) is 0 Å². The van der Waals surface area contributed by atoms with Crippen molar-refractivity contribution in [2.24, 2.45) is 0 Å². The normalized spacial score (nSPS) is 13.3. The van der Waals surface area contributed by atoms with Crippen LogP contribution in [0, 0.1) is 0 Å². The van der Waals surface area contributed by atoms with Crippen LogP contribution in [0.1, 0.15) is 23.0 Å². The molecular weight excluding hydrogens is 275 g/mol. The number of halogens is 3. The standard InChI is InChI=1S/C12H16F3N3O2/c1-7(6-18(2)3)16-10-8(11(19)20)4-5-9(17-10)12(13,14)15/h4-5,7H,6H2,1-3H3,(H,16,17)(H,19,20). The molecule has 1 heterocycles. The molecule has 1 rings (SSSR count). The van der Waals surface area contributed by atoms with E-state index in [-0.39, 0.29) is 17.4 Å². The van der Waals surface area contributed by atoms with E-state index < -0.39 is 17.8 Å².